The van der Waals surface area contributed by atoms with Gasteiger partial charge in [0.2, 0.25) is 10.0 Å². The van der Waals surface area contributed by atoms with Crippen LogP contribution < -0.4 is 14.2 Å². The van der Waals surface area contributed by atoms with E-state index < -0.39 is 15.3 Å². The van der Waals surface area contributed by atoms with E-state index in [0.29, 0.717) is 17.2 Å². The zero-order valence-corrected chi connectivity index (χ0v) is 11.2. The smallest absolute Gasteiger partial charge is 0.235 e. The molecule has 0 spiro atoms. The molecule has 1 rings (SSSR count). The minimum atomic E-state index is -3.34. The largest absolute Gasteiger partial charge is 0.493 e. The summed E-state index contributed by atoms with van der Waals surface area (Å²) >= 11 is 0. The molecule has 0 saturated carbocycles. The van der Waals surface area contributed by atoms with Gasteiger partial charge in [-0.3, -0.25) is 4.72 Å². The standard InChI is InChI=1S/C11H17NO4S/c1-8(2)17(13,14)12-9-5-6-10(15-3)11(7-9)16-4/h5-8,12H,1-4H3. The number of rotatable bonds is 5. The highest BCUT2D eigenvalue weighted by Gasteiger charge is 2.16. The maximum absolute atomic E-state index is 11.7. The molecule has 0 fully saturated rings. The predicted molar refractivity (Wildman–Crippen MR) is 67.2 cm³/mol. The van der Waals surface area contributed by atoms with Gasteiger partial charge in [0.05, 0.1) is 25.2 Å². The molecule has 0 saturated heterocycles. The molecular weight excluding hydrogens is 242 g/mol. The maximum Gasteiger partial charge on any atom is 0.235 e. The Bertz CT molecular complexity index is 482. The fourth-order valence-corrected chi connectivity index (χ4v) is 1.87. The lowest BCUT2D eigenvalue weighted by Crippen LogP contribution is -2.22. The van der Waals surface area contributed by atoms with Gasteiger partial charge in [0.25, 0.3) is 0 Å². The summed E-state index contributed by atoms with van der Waals surface area (Å²) in [5.41, 5.74) is 0.455. The van der Waals surface area contributed by atoms with Crippen LogP contribution in [0.1, 0.15) is 13.8 Å². The Labute approximate surface area is 102 Å². The Morgan fingerprint density at radius 3 is 2.18 bits per heavy atom. The van der Waals surface area contributed by atoms with Crippen molar-refractivity contribution in [3.8, 4) is 11.5 Å². The fraction of sp³-hybridized carbons (Fsp3) is 0.455. The summed E-state index contributed by atoms with van der Waals surface area (Å²) in [6.07, 6.45) is 0. The first-order chi connectivity index (χ1) is 7.90. The van der Waals surface area contributed by atoms with Gasteiger partial charge >= 0.3 is 0 Å². The van der Waals surface area contributed by atoms with E-state index >= 15 is 0 Å². The summed E-state index contributed by atoms with van der Waals surface area (Å²) in [6, 6.07) is 4.86. The number of hydrogen-bond donors (Lipinski definition) is 1. The van der Waals surface area contributed by atoms with Crippen LogP contribution in [0.3, 0.4) is 0 Å². The van der Waals surface area contributed by atoms with Gasteiger partial charge in [-0.2, -0.15) is 0 Å². The summed E-state index contributed by atoms with van der Waals surface area (Å²) in [4.78, 5) is 0. The molecule has 0 amide bonds. The third kappa shape index (κ3) is 3.26. The number of methoxy groups -OCH3 is 2. The highest BCUT2D eigenvalue weighted by Crippen LogP contribution is 2.30. The van der Waals surface area contributed by atoms with Crippen LogP contribution in [0.2, 0.25) is 0 Å². The summed E-state index contributed by atoms with van der Waals surface area (Å²) < 4.78 is 36.0. The molecule has 0 bridgehead atoms. The predicted octanol–water partition coefficient (Wildman–Crippen LogP) is 1.85. The first-order valence-electron chi connectivity index (χ1n) is 5.14. The van der Waals surface area contributed by atoms with Gasteiger partial charge < -0.3 is 9.47 Å². The van der Waals surface area contributed by atoms with Crippen LogP contribution in [-0.2, 0) is 10.0 Å². The van der Waals surface area contributed by atoms with Crippen molar-refractivity contribution in [3.05, 3.63) is 18.2 Å². The van der Waals surface area contributed by atoms with E-state index in [1.165, 1.54) is 14.2 Å². The van der Waals surface area contributed by atoms with Gasteiger partial charge in [-0.15, -0.1) is 0 Å². The Hall–Kier alpha value is -1.43. The van der Waals surface area contributed by atoms with Crippen molar-refractivity contribution in [2.75, 3.05) is 18.9 Å². The third-order valence-electron chi connectivity index (χ3n) is 2.26. The van der Waals surface area contributed by atoms with Crippen LogP contribution in [0.15, 0.2) is 18.2 Å². The molecule has 1 N–H and O–H groups in total. The average molecular weight is 259 g/mol. The normalized spacial score (nSPS) is 11.4. The number of nitrogens with one attached hydrogen (secondary N) is 1. The van der Waals surface area contributed by atoms with E-state index in [2.05, 4.69) is 4.72 Å². The Morgan fingerprint density at radius 1 is 1.12 bits per heavy atom. The average Bonchev–Trinajstić information content (AvgIpc) is 2.28. The molecule has 0 unspecified atom stereocenters. The molecule has 1 aromatic rings. The number of ether oxygens (including phenoxy) is 2. The Morgan fingerprint density at radius 2 is 1.71 bits per heavy atom. The molecule has 0 aliphatic heterocycles. The van der Waals surface area contributed by atoms with Crippen LogP contribution in [0.5, 0.6) is 11.5 Å². The highest BCUT2D eigenvalue weighted by atomic mass is 32.2. The molecule has 0 aliphatic rings. The maximum atomic E-state index is 11.7. The topological polar surface area (TPSA) is 64.6 Å². The van der Waals surface area contributed by atoms with Crippen molar-refractivity contribution in [1.29, 1.82) is 0 Å². The zero-order chi connectivity index (χ0) is 13.1. The van der Waals surface area contributed by atoms with Crippen molar-refractivity contribution in [3.63, 3.8) is 0 Å². The van der Waals surface area contributed by atoms with Crippen LogP contribution in [0, 0.1) is 0 Å². The van der Waals surface area contributed by atoms with Crippen molar-refractivity contribution in [2.24, 2.45) is 0 Å². The van der Waals surface area contributed by atoms with Gasteiger partial charge in [-0.25, -0.2) is 8.42 Å². The molecule has 0 radical (unpaired) electrons. The lowest BCUT2D eigenvalue weighted by Gasteiger charge is -2.13. The molecular formula is C11H17NO4S. The van der Waals surface area contributed by atoms with Crippen LogP contribution in [-0.4, -0.2) is 27.9 Å². The lowest BCUT2D eigenvalue weighted by atomic mass is 10.3. The lowest BCUT2D eigenvalue weighted by molar-refractivity contribution is 0.355. The number of benzene rings is 1. The fourth-order valence-electron chi connectivity index (χ4n) is 1.18. The van der Waals surface area contributed by atoms with Crippen molar-refractivity contribution in [1.82, 2.24) is 0 Å². The Balaban J connectivity index is 3.02. The first-order valence-corrected chi connectivity index (χ1v) is 6.69. The van der Waals surface area contributed by atoms with Crippen molar-refractivity contribution >= 4 is 15.7 Å². The quantitative estimate of drug-likeness (QED) is 0.876. The molecule has 6 heteroatoms. The minimum absolute atomic E-state index is 0.455. The van der Waals surface area contributed by atoms with E-state index in [0.717, 1.165) is 0 Å². The molecule has 0 atom stereocenters. The second-order valence-corrected chi connectivity index (χ2v) is 6.00. The Kier molecular flexibility index (Phi) is 4.22. The van der Waals surface area contributed by atoms with E-state index in [9.17, 15) is 8.42 Å². The molecule has 96 valence electrons. The highest BCUT2D eigenvalue weighted by molar-refractivity contribution is 7.93. The second-order valence-electron chi connectivity index (χ2n) is 3.77. The van der Waals surface area contributed by atoms with Gasteiger partial charge in [0.1, 0.15) is 0 Å². The number of hydrogen-bond acceptors (Lipinski definition) is 4. The minimum Gasteiger partial charge on any atom is -0.493 e. The van der Waals surface area contributed by atoms with Crippen LogP contribution >= 0.6 is 0 Å². The SMILES string of the molecule is COc1ccc(NS(=O)(=O)C(C)C)cc1OC. The zero-order valence-electron chi connectivity index (χ0n) is 10.4. The molecule has 17 heavy (non-hydrogen) atoms. The van der Waals surface area contributed by atoms with Crippen LogP contribution in [0.4, 0.5) is 5.69 Å². The van der Waals surface area contributed by atoms with Gasteiger partial charge in [0, 0.05) is 6.07 Å². The van der Waals surface area contributed by atoms with E-state index in [1.54, 1.807) is 32.0 Å². The van der Waals surface area contributed by atoms with Crippen molar-refractivity contribution in [2.45, 2.75) is 19.1 Å². The molecule has 0 heterocycles. The summed E-state index contributed by atoms with van der Waals surface area (Å²) in [5.74, 6) is 1.04. The van der Waals surface area contributed by atoms with E-state index in [-0.39, 0.29) is 0 Å². The molecule has 5 nitrogen and oxygen atoms in total. The van der Waals surface area contributed by atoms with Crippen LogP contribution in [0.25, 0.3) is 0 Å². The molecule has 0 aliphatic carbocycles. The number of anilines is 1. The third-order valence-corrected chi connectivity index (χ3v) is 4.03. The molecule has 1 aromatic carbocycles. The van der Waals surface area contributed by atoms with E-state index in [1.807, 2.05) is 0 Å². The first kappa shape index (κ1) is 13.6. The van der Waals surface area contributed by atoms with E-state index in [4.69, 9.17) is 9.47 Å². The van der Waals surface area contributed by atoms with Gasteiger partial charge in [0.15, 0.2) is 11.5 Å². The van der Waals surface area contributed by atoms with Gasteiger partial charge in [-0.1, -0.05) is 0 Å². The monoisotopic (exact) mass is 259 g/mol. The number of sulfonamides is 1. The summed E-state index contributed by atoms with van der Waals surface area (Å²) in [5, 5.41) is -0.490. The summed E-state index contributed by atoms with van der Waals surface area (Å²) in [7, 11) is -0.320. The molecule has 0 aromatic heterocycles. The second kappa shape index (κ2) is 5.27. The summed E-state index contributed by atoms with van der Waals surface area (Å²) in [6.45, 7) is 3.23. The van der Waals surface area contributed by atoms with Gasteiger partial charge in [-0.05, 0) is 26.0 Å². The van der Waals surface area contributed by atoms with Crippen molar-refractivity contribution < 1.29 is 17.9 Å².